The summed E-state index contributed by atoms with van der Waals surface area (Å²) < 4.78 is 50.7. The second-order valence-electron chi connectivity index (χ2n) is 24.2. The van der Waals surface area contributed by atoms with E-state index < -0.39 is 31.8 Å². The standard InChI is InChI=1S/2C12H14BrNO.C10H14BrNO.C10H12BrN.C9H11BrN2O3.C9H13BrN2O.C6H3BrFNO2.C3H9NO.4CH4.H2O4S/c2*1-8-3-4-10-7-11(13)5-6-12(10)14(8)9(2)15;1-7-5-9(11)3-4-10(7)12-8(2)6-13;1-7-2-3-8-6-9(11)4-5-10(8)12-7;1-6(5-13)11-8-3-2-7(10)4-9(8)12(14)15;1-6(5-13)12-9-3-2-7(10)4-8(9)11;7-4-1-2-5(8)6(3-4)9(10)11;1-3(4)2-5;;;;;1-5(2,3)4/h2*5-8H,3-4H2,1-2H3;3-5,8,12-13H,6H2,1-2H3;4-7,12H,2-3H2,1H3;2-4,6,11,13H,5H2,1H3;2-4,6,12-13H,5,11H2,1H3;1-3H;3,5H,2,4H2,1H3;4*1H4;(H2,1,2,3,4)/t3*8-;7-;2*6-;;3-;;;;;/m000000.0...../s1. The van der Waals surface area contributed by atoms with Gasteiger partial charge in [-0.3, -0.25) is 38.9 Å². The Hall–Kier alpha value is -5.76. The first-order valence-electron chi connectivity index (χ1n) is 32.4. The summed E-state index contributed by atoms with van der Waals surface area (Å²) >= 11 is 23.3. The molecule has 7 aromatic rings. The number of nitrogens with one attached hydrogen (secondary N) is 4. The van der Waals surface area contributed by atoms with Crippen molar-refractivity contribution >= 4 is 185 Å². The minimum Gasteiger partial charge on any atom is -0.397 e. The molecule has 604 valence electrons. The van der Waals surface area contributed by atoms with E-state index in [2.05, 4.69) is 184 Å². The number of amides is 2. The van der Waals surface area contributed by atoms with Gasteiger partial charge in [-0.1, -0.05) is 141 Å². The van der Waals surface area contributed by atoms with Crippen LogP contribution in [0.1, 0.15) is 134 Å². The van der Waals surface area contributed by atoms with Crippen LogP contribution in [0.2, 0.25) is 0 Å². The molecule has 0 spiro atoms. The highest BCUT2D eigenvalue weighted by atomic mass is 79.9. The number of nitrogens with two attached hydrogens (primary N) is 2. The van der Waals surface area contributed by atoms with Crippen molar-refractivity contribution in [1.82, 2.24) is 0 Å². The minimum atomic E-state index is -4.67. The number of hydrogen-bond acceptors (Lipinski definition) is 18. The summed E-state index contributed by atoms with van der Waals surface area (Å²) in [5.41, 5.74) is 21.9. The van der Waals surface area contributed by atoms with Gasteiger partial charge in [0.1, 0.15) is 5.69 Å². The van der Waals surface area contributed by atoms with Gasteiger partial charge in [-0.05, 0) is 231 Å². The summed E-state index contributed by atoms with van der Waals surface area (Å²) in [6.07, 6.45) is 6.64. The van der Waals surface area contributed by atoms with Crippen molar-refractivity contribution in [1.29, 1.82) is 0 Å². The minimum absolute atomic E-state index is 0. The van der Waals surface area contributed by atoms with Crippen LogP contribution in [-0.2, 0) is 39.3 Å². The Morgan fingerprint density at radius 1 is 0.537 bits per heavy atom. The summed E-state index contributed by atoms with van der Waals surface area (Å²) in [4.78, 5) is 46.6. The Kier molecular flexibility index (Phi) is 53.2. The molecule has 0 fully saturated rings. The molecule has 7 aromatic carbocycles. The average molecular weight is 1980 g/mol. The fraction of sp³-hybridized carbons (Fsp3) is 0.413. The van der Waals surface area contributed by atoms with E-state index >= 15 is 0 Å². The topological polar surface area (TPSA) is 383 Å². The Morgan fingerprint density at radius 3 is 1.24 bits per heavy atom. The monoisotopic (exact) mass is 1980 g/mol. The summed E-state index contributed by atoms with van der Waals surface area (Å²) in [6.45, 7) is 19.3. The first-order valence-corrected chi connectivity index (χ1v) is 39.3. The number of aliphatic hydroxyl groups is 4. The van der Waals surface area contributed by atoms with Gasteiger partial charge in [0.25, 0.3) is 5.69 Å². The number of rotatable bonds is 12. The first-order chi connectivity index (χ1) is 48.6. The third-order valence-electron chi connectivity index (χ3n) is 14.9. The van der Waals surface area contributed by atoms with E-state index in [4.69, 9.17) is 49.4 Å². The molecular weight excluding hydrogens is 1880 g/mol. The molecule has 0 bridgehead atoms. The second kappa shape index (κ2) is 54.0. The average Bonchev–Trinajstić information content (AvgIpc) is 0.801. The number of halogens is 8. The molecule has 33 heteroatoms. The van der Waals surface area contributed by atoms with Gasteiger partial charge < -0.3 is 63.0 Å². The van der Waals surface area contributed by atoms with Crippen molar-refractivity contribution in [3.05, 3.63) is 207 Å². The van der Waals surface area contributed by atoms with Crippen LogP contribution in [0.25, 0.3) is 0 Å². The van der Waals surface area contributed by atoms with Crippen molar-refractivity contribution in [2.75, 3.05) is 63.2 Å². The number of nitrogen functional groups attached to an aromatic ring is 1. The van der Waals surface area contributed by atoms with Gasteiger partial charge in [-0.15, -0.1) is 0 Å². The van der Waals surface area contributed by atoms with Gasteiger partial charge in [0.05, 0.1) is 47.6 Å². The predicted molar refractivity (Wildman–Crippen MR) is 467 cm³/mol. The number of carbonyl (C=O) groups is 2. The van der Waals surface area contributed by atoms with Crippen LogP contribution in [-0.4, -0.2) is 128 Å². The zero-order valence-electron chi connectivity index (χ0n) is 59.1. The lowest BCUT2D eigenvalue weighted by atomic mass is 9.97. The van der Waals surface area contributed by atoms with Gasteiger partial charge in [-0.25, -0.2) is 0 Å². The van der Waals surface area contributed by atoms with Gasteiger partial charge in [0.15, 0.2) is 0 Å². The van der Waals surface area contributed by atoms with Crippen molar-refractivity contribution in [3.8, 4) is 0 Å². The number of carbonyl (C=O) groups excluding carboxylic acids is 2. The molecule has 3 aliphatic heterocycles. The lowest BCUT2D eigenvalue weighted by Gasteiger charge is -2.34. The highest BCUT2D eigenvalue weighted by molar-refractivity contribution is 9.11. The molecule has 3 aliphatic rings. The fourth-order valence-corrected chi connectivity index (χ4v) is 12.6. The van der Waals surface area contributed by atoms with E-state index in [9.17, 15) is 34.2 Å². The van der Waals surface area contributed by atoms with Crippen molar-refractivity contribution in [3.63, 3.8) is 0 Å². The number of benzene rings is 7. The van der Waals surface area contributed by atoms with Gasteiger partial charge in [-0.2, -0.15) is 12.8 Å². The summed E-state index contributed by atoms with van der Waals surface area (Å²) in [5.74, 6) is -0.560. The quantitative estimate of drug-likeness (QED) is 0.0234. The molecule has 0 unspecified atom stereocenters. The van der Waals surface area contributed by atoms with E-state index in [1.807, 2.05) is 91.2 Å². The normalized spacial score (nSPS) is 14.8. The van der Waals surface area contributed by atoms with Crippen LogP contribution in [0.5, 0.6) is 0 Å². The maximum absolute atomic E-state index is 12.6. The molecule has 108 heavy (non-hydrogen) atoms. The summed E-state index contributed by atoms with van der Waals surface area (Å²) in [6, 6.07) is 39.7. The van der Waals surface area contributed by atoms with Gasteiger partial charge in [0, 0.05) is 122 Å². The van der Waals surface area contributed by atoms with E-state index in [-0.39, 0.29) is 97.8 Å². The van der Waals surface area contributed by atoms with E-state index in [0.717, 1.165) is 78.5 Å². The molecule has 24 nitrogen and oxygen atoms in total. The SMILES string of the molecule is C.C.C.C.CC(=O)N1c2ccc(Br)cc2CC[C@@H]1C.CC(=O)N1c2ccc(Br)cc2CC[C@@H]1C.C[C@@H](CO)Nc1ccc(Br)cc1N.C[C@@H](CO)Nc1ccc(Br)cc1[N+](=O)[O-].C[C@H](N)CO.C[C@H]1CCc2cc(Br)ccc2N1.Cc1cc(Br)ccc1N[C@@H](C)CO.O=S(=O)(O)O.O=[N+]([O-])c1cc(Br)ccc1F. The number of hydrogen-bond donors (Lipinski definition) is 12. The highest BCUT2D eigenvalue weighted by Crippen LogP contribution is 2.35. The van der Waals surface area contributed by atoms with Crippen LogP contribution in [0, 0.1) is 33.0 Å². The molecule has 0 radical (unpaired) electrons. The van der Waals surface area contributed by atoms with Crippen LogP contribution in [0.15, 0.2) is 159 Å². The fourth-order valence-electron chi connectivity index (χ4n) is 9.81. The summed E-state index contributed by atoms with van der Waals surface area (Å²) in [5, 5.41) is 68.0. The number of nitro groups is 2. The number of nitro benzene ring substituents is 2. The molecule has 0 saturated heterocycles. The lowest BCUT2D eigenvalue weighted by molar-refractivity contribution is -0.387. The number of fused-ring (bicyclic) bond motifs is 3. The van der Waals surface area contributed by atoms with Crippen molar-refractivity contribution in [2.45, 2.75) is 180 Å². The molecule has 7 atom stereocenters. The molecule has 0 aliphatic carbocycles. The zero-order chi connectivity index (χ0) is 78.9. The van der Waals surface area contributed by atoms with Gasteiger partial charge in [0.2, 0.25) is 17.6 Å². The third-order valence-corrected chi connectivity index (χ3v) is 18.4. The van der Waals surface area contributed by atoms with Crippen LogP contribution in [0.4, 0.5) is 55.6 Å². The molecule has 14 N–H and O–H groups in total. The zero-order valence-corrected chi connectivity index (χ0v) is 71.0. The maximum atomic E-state index is 12.6. The highest BCUT2D eigenvalue weighted by Gasteiger charge is 2.27. The Bertz CT molecular complexity index is 3890. The van der Waals surface area contributed by atoms with Crippen molar-refractivity contribution in [2.24, 2.45) is 5.73 Å². The molecule has 3 heterocycles. The Morgan fingerprint density at radius 2 is 0.861 bits per heavy atom. The van der Waals surface area contributed by atoms with Crippen LogP contribution in [0.3, 0.4) is 0 Å². The van der Waals surface area contributed by atoms with Crippen LogP contribution >= 0.6 is 112 Å². The van der Waals surface area contributed by atoms with Gasteiger partial charge >= 0.3 is 16.1 Å². The smallest absolute Gasteiger partial charge is 0.394 e. The van der Waals surface area contributed by atoms with E-state index in [1.54, 1.807) is 39.8 Å². The third kappa shape index (κ3) is 40.4. The van der Waals surface area contributed by atoms with Crippen LogP contribution < -0.4 is 42.5 Å². The second-order valence-corrected chi connectivity index (χ2v) is 31.5. The Labute approximate surface area is 696 Å². The number of aliphatic hydroxyl groups excluding tert-OH is 4. The predicted octanol–water partition coefficient (Wildman–Crippen LogP) is 19.7. The number of anilines is 7. The number of nitrogens with zero attached hydrogens (tertiary/aromatic N) is 4. The summed E-state index contributed by atoms with van der Waals surface area (Å²) in [7, 11) is -4.67. The van der Waals surface area contributed by atoms with E-state index in [0.29, 0.717) is 38.4 Å². The molecule has 2 amide bonds. The molecule has 10 rings (SSSR count). The maximum Gasteiger partial charge on any atom is 0.394 e. The number of aryl methyl sites for hydroxylation is 4. The molecule has 0 saturated carbocycles. The van der Waals surface area contributed by atoms with Crippen molar-refractivity contribution < 1.29 is 61.8 Å². The molecular formula is C75H108Br7FN10O14S. The van der Waals surface area contributed by atoms with E-state index in [1.165, 1.54) is 57.4 Å². The Balaban J connectivity index is -0.00000116. The lowest BCUT2D eigenvalue weighted by Crippen LogP contribution is -2.40. The largest absolute Gasteiger partial charge is 0.397 e. The first kappa shape index (κ1) is 106. The molecule has 0 aromatic heterocycles.